The topological polar surface area (TPSA) is 55.2 Å². The average Bonchev–Trinajstić information content (AvgIpc) is 3.25. The van der Waals surface area contributed by atoms with Crippen molar-refractivity contribution in [2.24, 2.45) is 5.92 Å². The van der Waals surface area contributed by atoms with Crippen LogP contribution in [0.2, 0.25) is 0 Å². The molecule has 0 saturated carbocycles. The van der Waals surface area contributed by atoms with Crippen LogP contribution in [0, 0.1) is 5.92 Å². The van der Waals surface area contributed by atoms with E-state index in [-0.39, 0.29) is 5.91 Å². The minimum absolute atomic E-state index is 0.0409. The largest absolute Gasteiger partial charge is 0.493 e. The molecule has 6 heteroatoms. The molecule has 1 aromatic heterocycles. The molecule has 2 unspecified atom stereocenters. The van der Waals surface area contributed by atoms with E-state index in [1.807, 2.05) is 29.2 Å². The number of carbonyl (C=O) groups is 1. The van der Waals surface area contributed by atoms with E-state index in [1.54, 1.807) is 7.11 Å². The first-order valence-electron chi connectivity index (χ1n) is 8.85. The van der Waals surface area contributed by atoms with Gasteiger partial charge in [0.25, 0.3) is 5.91 Å². The molecule has 2 atom stereocenters. The molecule has 25 heavy (non-hydrogen) atoms. The molecule has 2 aromatic rings. The van der Waals surface area contributed by atoms with Crippen molar-refractivity contribution in [3.05, 3.63) is 30.0 Å². The predicted octanol–water partition coefficient (Wildman–Crippen LogP) is 2.23. The zero-order valence-electron chi connectivity index (χ0n) is 14.7. The van der Waals surface area contributed by atoms with Crippen molar-refractivity contribution < 1.29 is 18.7 Å². The number of ether oxygens (including phenoxy) is 2. The minimum atomic E-state index is -0.0409. The maximum Gasteiger partial charge on any atom is 0.289 e. The van der Waals surface area contributed by atoms with E-state index < -0.39 is 0 Å². The maximum atomic E-state index is 12.9. The Kier molecular flexibility index (Phi) is 4.39. The minimum Gasteiger partial charge on any atom is -0.493 e. The Bertz CT molecular complexity index is 766. The van der Waals surface area contributed by atoms with Gasteiger partial charge in [0.15, 0.2) is 17.1 Å². The lowest BCUT2D eigenvalue weighted by atomic mass is 10.0. The number of fused-ring (bicyclic) bond motifs is 1. The zero-order chi connectivity index (χ0) is 17.4. The summed E-state index contributed by atoms with van der Waals surface area (Å²) in [5.74, 6) is 1.44. The number of hydrogen-bond acceptors (Lipinski definition) is 5. The molecule has 0 radical (unpaired) electrons. The molecule has 0 aliphatic carbocycles. The number of nitrogens with zero attached hydrogens (tertiary/aromatic N) is 2. The second-order valence-electron chi connectivity index (χ2n) is 6.89. The Morgan fingerprint density at radius 3 is 2.80 bits per heavy atom. The molecule has 2 aliphatic rings. The molecular weight excluding hydrogens is 320 g/mol. The summed E-state index contributed by atoms with van der Waals surface area (Å²) in [6.07, 6.45) is 0. The Labute approximate surface area is 147 Å². The summed E-state index contributed by atoms with van der Waals surface area (Å²) in [6.45, 7) is 7.16. The van der Waals surface area contributed by atoms with E-state index in [0.717, 1.165) is 44.8 Å². The number of para-hydroxylation sites is 1. The van der Waals surface area contributed by atoms with Crippen molar-refractivity contribution in [1.29, 1.82) is 0 Å². The van der Waals surface area contributed by atoms with Crippen LogP contribution >= 0.6 is 0 Å². The van der Waals surface area contributed by atoms with Gasteiger partial charge in [0, 0.05) is 37.6 Å². The van der Waals surface area contributed by atoms with Gasteiger partial charge in [-0.15, -0.1) is 0 Å². The van der Waals surface area contributed by atoms with E-state index in [9.17, 15) is 4.79 Å². The maximum absolute atomic E-state index is 12.9. The molecule has 0 N–H and O–H groups in total. The van der Waals surface area contributed by atoms with Crippen molar-refractivity contribution in [3.8, 4) is 5.75 Å². The summed E-state index contributed by atoms with van der Waals surface area (Å²) in [5.41, 5.74) is 0.630. The number of likely N-dealkylation sites (tertiary alicyclic amines) is 1. The number of rotatable bonds is 3. The van der Waals surface area contributed by atoms with Gasteiger partial charge in [-0.3, -0.25) is 9.69 Å². The first-order valence-corrected chi connectivity index (χ1v) is 8.85. The number of methoxy groups -OCH3 is 1. The Morgan fingerprint density at radius 1 is 1.24 bits per heavy atom. The number of hydrogen-bond donors (Lipinski definition) is 0. The van der Waals surface area contributed by atoms with Gasteiger partial charge >= 0.3 is 0 Å². The molecule has 0 bridgehead atoms. The number of benzene rings is 1. The number of carbonyl (C=O) groups excluding carboxylic acids is 1. The summed E-state index contributed by atoms with van der Waals surface area (Å²) in [5, 5.41) is 0.889. The van der Waals surface area contributed by atoms with Crippen LogP contribution in [-0.2, 0) is 4.74 Å². The van der Waals surface area contributed by atoms with Crippen molar-refractivity contribution in [2.75, 3.05) is 46.5 Å². The third-order valence-electron chi connectivity index (χ3n) is 5.31. The van der Waals surface area contributed by atoms with Gasteiger partial charge in [-0.2, -0.15) is 0 Å². The Balaban J connectivity index is 1.53. The third-order valence-corrected chi connectivity index (χ3v) is 5.31. The molecule has 134 valence electrons. The van der Waals surface area contributed by atoms with Crippen LogP contribution in [0.3, 0.4) is 0 Å². The van der Waals surface area contributed by atoms with E-state index >= 15 is 0 Å². The molecule has 2 saturated heterocycles. The predicted molar refractivity (Wildman–Crippen MR) is 94.0 cm³/mol. The Morgan fingerprint density at radius 2 is 2.04 bits per heavy atom. The lowest BCUT2D eigenvalue weighted by Crippen LogP contribution is -2.47. The molecule has 3 heterocycles. The van der Waals surface area contributed by atoms with Gasteiger partial charge in [-0.05, 0) is 18.1 Å². The summed E-state index contributed by atoms with van der Waals surface area (Å²) in [7, 11) is 1.61. The quantitative estimate of drug-likeness (QED) is 0.855. The molecule has 0 spiro atoms. The SMILES string of the molecule is COc1cccc2cc(C(=O)N3CC(C)C(N4CCOCC4)C3)oc12. The molecule has 6 nitrogen and oxygen atoms in total. The van der Waals surface area contributed by atoms with Gasteiger partial charge in [-0.1, -0.05) is 19.1 Å². The van der Waals surface area contributed by atoms with Crippen molar-refractivity contribution >= 4 is 16.9 Å². The number of furan rings is 1. The van der Waals surface area contributed by atoms with Gasteiger partial charge in [0.1, 0.15) is 0 Å². The van der Waals surface area contributed by atoms with Crippen molar-refractivity contribution in [1.82, 2.24) is 9.80 Å². The highest BCUT2D eigenvalue weighted by molar-refractivity contribution is 5.97. The second kappa shape index (κ2) is 6.69. The third kappa shape index (κ3) is 3.00. The monoisotopic (exact) mass is 344 g/mol. The smallest absolute Gasteiger partial charge is 0.289 e. The fraction of sp³-hybridized carbons (Fsp3) is 0.526. The highest BCUT2D eigenvalue weighted by Crippen LogP contribution is 2.30. The van der Waals surface area contributed by atoms with Crippen LogP contribution < -0.4 is 4.74 Å². The molecular formula is C19H24N2O4. The lowest BCUT2D eigenvalue weighted by molar-refractivity contribution is 0.0119. The lowest BCUT2D eigenvalue weighted by Gasteiger charge is -2.33. The fourth-order valence-corrected chi connectivity index (χ4v) is 3.96. The molecule has 2 fully saturated rings. The zero-order valence-corrected chi connectivity index (χ0v) is 14.7. The van der Waals surface area contributed by atoms with Crippen LogP contribution in [0.4, 0.5) is 0 Å². The summed E-state index contributed by atoms with van der Waals surface area (Å²) in [6, 6.07) is 7.88. The molecule has 1 aromatic carbocycles. The average molecular weight is 344 g/mol. The summed E-state index contributed by atoms with van der Waals surface area (Å²) in [4.78, 5) is 17.3. The van der Waals surface area contributed by atoms with Crippen LogP contribution in [0.5, 0.6) is 5.75 Å². The van der Waals surface area contributed by atoms with Crippen molar-refractivity contribution in [3.63, 3.8) is 0 Å². The molecule has 2 aliphatic heterocycles. The van der Waals surface area contributed by atoms with E-state index in [2.05, 4.69) is 11.8 Å². The normalized spacial score (nSPS) is 24.8. The van der Waals surface area contributed by atoms with Gasteiger partial charge in [-0.25, -0.2) is 0 Å². The summed E-state index contributed by atoms with van der Waals surface area (Å²) < 4.78 is 16.6. The van der Waals surface area contributed by atoms with Crippen LogP contribution in [0.15, 0.2) is 28.7 Å². The number of morpholine rings is 1. The van der Waals surface area contributed by atoms with E-state index in [4.69, 9.17) is 13.9 Å². The van der Waals surface area contributed by atoms with Gasteiger partial charge in [0.05, 0.1) is 20.3 Å². The fourth-order valence-electron chi connectivity index (χ4n) is 3.96. The van der Waals surface area contributed by atoms with Gasteiger partial charge < -0.3 is 18.8 Å². The molecule has 4 rings (SSSR count). The van der Waals surface area contributed by atoms with Gasteiger partial charge in [0.2, 0.25) is 0 Å². The number of amides is 1. The standard InChI is InChI=1S/C19H24N2O4/c1-13-11-21(12-15(13)20-6-8-24-9-7-20)19(22)17-10-14-4-3-5-16(23-2)18(14)25-17/h3-5,10,13,15H,6-9,11-12H2,1-2H3. The first kappa shape index (κ1) is 16.4. The van der Waals surface area contributed by atoms with Crippen molar-refractivity contribution in [2.45, 2.75) is 13.0 Å². The molecule has 1 amide bonds. The Hall–Kier alpha value is -2.05. The van der Waals surface area contributed by atoms with Crippen LogP contribution in [-0.4, -0.2) is 68.3 Å². The summed E-state index contributed by atoms with van der Waals surface area (Å²) >= 11 is 0. The second-order valence-corrected chi connectivity index (χ2v) is 6.89. The van der Waals surface area contributed by atoms with E-state index in [1.165, 1.54) is 0 Å². The highest BCUT2D eigenvalue weighted by atomic mass is 16.5. The van der Waals surface area contributed by atoms with E-state index in [0.29, 0.717) is 29.1 Å². The van der Waals surface area contributed by atoms with Crippen LogP contribution in [0.1, 0.15) is 17.5 Å². The highest BCUT2D eigenvalue weighted by Gasteiger charge is 2.37. The van der Waals surface area contributed by atoms with Crippen LogP contribution in [0.25, 0.3) is 11.0 Å². The first-order chi connectivity index (χ1) is 12.2.